The van der Waals surface area contributed by atoms with Crippen molar-refractivity contribution in [1.82, 2.24) is 10.2 Å². The standard InChI is InChI=1S/C15H21ClN2O4/c1-15(2,3)22-14(20)17-9-10-5-4-8-18(10)13(19)11-6-7-12(16)21-11/h6-7,10H,4-5,8-9H2,1-3H3,(H,17,20)/t10-/m1/s1. The predicted octanol–water partition coefficient (Wildman–Crippen LogP) is 3.06. The Hall–Kier alpha value is -1.69. The highest BCUT2D eigenvalue weighted by atomic mass is 35.5. The largest absolute Gasteiger partial charge is 0.444 e. The zero-order valence-electron chi connectivity index (χ0n) is 13.0. The molecule has 1 aliphatic rings. The van der Waals surface area contributed by atoms with E-state index in [-0.39, 0.29) is 22.9 Å². The molecule has 1 saturated heterocycles. The molecule has 1 aliphatic heterocycles. The number of nitrogens with zero attached hydrogens (tertiary/aromatic N) is 1. The fourth-order valence-electron chi connectivity index (χ4n) is 2.40. The molecule has 0 radical (unpaired) electrons. The molecule has 1 aromatic rings. The van der Waals surface area contributed by atoms with Gasteiger partial charge in [0.15, 0.2) is 11.0 Å². The smallest absolute Gasteiger partial charge is 0.407 e. The van der Waals surface area contributed by atoms with Gasteiger partial charge in [0.05, 0.1) is 0 Å². The van der Waals surface area contributed by atoms with Crippen molar-refractivity contribution in [3.63, 3.8) is 0 Å². The molecule has 0 saturated carbocycles. The number of likely N-dealkylation sites (tertiary alicyclic amines) is 1. The third-order valence-electron chi connectivity index (χ3n) is 3.30. The van der Waals surface area contributed by atoms with Crippen LogP contribution in [-0.2, 0) is 4.74 Å². The van der Waals surface area contributed by atoms with E-state index in [1.165, 1.54) is 0 Å². The number of furan rings is 1. The molecule has 2 heterocycles. The summed E-state index contributed by atoms with van der Waals surface area (Å²) in [6, 6.07) is 3.03. The Morgan fingerprint density at radius 1 is 1.45 bits per heavy atom. The molecular formula is C15H21ClN2O4. The van der Waals surface area contributed by atoms with Gasteiger partial charge < -0.3 is 19.4 Å². The highest BCUT2D eigenvalue weighted by Crippen LogP contribution is 2.22. The molecule has 0 bridgehead atoms. The number of hydrogen-bond donors (Lipinski definition) is 1. The van der Waals surface area contributed by atoms with E-state index in [1.54, 1.807) is 37.8 Å². The fraction of sp³-hybridized carbons (Fsp3) is 0.600. The predicted molar refractivity (Wildman–Crippen MR) is 82.0 cm³/mol. The lowest BCUT2D eigenvalue weighted by molar-refractivity contribution is 0.0499. The van der Waals surface area contributed by atoms with Crippen LogP contribution >= 0.6 is 11.6 Å². The Morgan fingerprint density at radius 3 is 2.77 bits per heavy atom. The molecule has 2 amide bonds. The summed E-state index contributed by atoms with van der Waals surface area (Å²) in [5.74, 6) is 0.00885. The third kappa shape index (κ3) is 4.40. The summed E-state index contributed by atoms with van der Waals surface area (Å²) in [6.45, 7) is 6.41. The van der Waals surface area contributed by atoms with E-state index in [2.05, 4.69) is 5.32 Å². The second-order valence-electron chi connectivity index (χ2n) is 6.28. The topological polar surface area (TPSA) is 71.8 Å². The first kappa shape index (κ1) is 16.7. The fourth-order valence-corrected chi connectivity index (χ4v) is 2.55. The van der Waals surface area contributed by atoms with Crippen LogP contribution in [0, 0.1) is 0 Å². The molecule has 1 atom stereocenters. The summed E-state index contributed by atoms with van der Waals surface area (Å²) >= 11 is 5.70. The first-order valence-corrected chi connectivity index (χ1v) is 7.67. The third-order valence-corrected chi connectivity index (χ3v) is 3.51. The maximum absolute atomic E-state index is 12.4. The number of hydrogen-bond acceptors (Lipinski definition) is 4. The lowest BCUT2D eigenvalue weighted by Crippen LogP contribution is -2.44. The molecule has 2 rings (SSSR count). The van der Waals surface area contributed by atoms with Crippen LogP contribution in [0.3, 0.4) is 0 Å². The zero-order chi connectivity index (χ0) is 16.3. The van der Waals surface area contributed by atoms with Gasteiger partial charge in [0.25, 0.3) is 5.91 Å². The number of halogens is 1. The summed E-state index contributed by atoms with van der Waals surface area (Å²) in [6.07, 6.45) is 1.24. The van der Waals surface area contributed by atoms with Gasteiger partial charge in [-0.15, -0.1) is 0 Å². The van der Waals surface area contributed by atoms with Gasteiger partial charge in [0, 0.05) is 19.1 Å². The van der Waals surface area contributed by atoms with Crippen molar-refractivity contribution in [3.8, 4) is 0 Å². The second-order valence-corrected chi connectivity index (χ2v) is 6.65. The first-order valence-electron chi connectivity index (χ1n) is 7.29. The molecule has 0 aromatic carbocycles. The van der Waals surface area contributed by atoms with Crippen LogP contribution in [0.4, 0.5) is 4.79 Å². The molecule has 122 valence electrons. The molecule has 22 heavy (non-hydrogen) atoms. The van der Waals surface area contributed by atoms with Gasteiger partial charge in [-0.3, -0.25) is 4.79 Å². The number of nitrogens with one attached hydrogen (secondary N) is 1. The quantitative estimate of drug-likeness (QED) is 0.925. The van der Waals surface area contributed by atoms with Gasteiger partial charge >= 0.3 is 6.09 Å². The number of rotatable bonds is 3. The molecule has 6 nitrogen and oxygen atoms in total. The van der Waals surface area contributed by atoms with E-state index in [4.69, 9.17) is 20.8 Å². The van der Waals surface area contributed by atoms with Crippen molar-refractivity contribution in [2.45, 2.75) is 45.3 Å². The van der Waals surface area contributed by atoms with E-state index in [0.29, 0.717) is 13.1 Å². The van der Waals surface area contributed by atoms with Gasteiger partial charge in [0.1, 0.15) is 5.60 Å². The van der Waals surface area contributed by atoms with E-state index < -0.39 is 11.7 Å². The van der Waals surface area contributed by atoms with Crippen molar-refractivity contribution < 1.29 is 18.7 Å². The van der Waals surface area contributed by atoms with Gasteiger partial charge in [0.2, 0.25) is 0 Å². The Balaban J connectivity index is 1.91. The van der Waals surface area contributed by atoms with E-state index in [9.17, 15) is 9.59 Å². The van der Waals surface area contributed by atoms with Crippen LogP contribution in [0.25, 0.3) is 0 Å². The zero-order valence-corrected chi connectivity index (χ0v) is 13.8. The minimum absolute atomic E-state index is 0.0658. The van der Waals surface area contributed by atoms with Crippen LogP contribution < -0.4 is 5.32 Å². The summed E-state index contributed by atoms with van der Waals surface area (Å²) in [5.41, 5.74) is -0.541. The van der Waals surface area contributed by atoms with E-state index >= 15 is 0 Å². The van der Waals surface area contributed by atoms with Crippen LogP contribution in [0.5, 0.6) is 0 Å². The molecule has 0 spiro atoms. The SMILES string of the molecule is CC(C)(C)OC(=O)NC[C@H]1CCCN1C(=O)c1ccc(Cl)o1. The maximum Gasteiger partial charge on any atom is 0.407 e. The molecule has 0 unspecified atom stereocenters. The number of carbonyl (C=O) groups excluding carboxylic acids is 2. The van der Waals surface area contributed by atoms with Crippen molar-refractivity contribution in [2.24, 2.45) is 0 Å². The second kappa shape index (κ2) is 6.60. The highest BCUT2D eigenvalue weighted by Gasteiger charge is 2.31. The average Bonchev–Trinajstić information content (AvgIpc) is 3.02. The number of alkyl carbamates (subject to hydrolysis) is 1. The van der Waals surface area contributed by atoms with Gasteiger partial charge in [-0.2, -0.15) is 0 Å². The van der Waals surface area contributed by atoms with Gasteiger partial charge in [-0.1, -0.05) is 0 Å². The summed E-state index contributed by atoms with van der Waals surface area (Å²) in [5, 5.41) is 2.90. The Morgan fingerprint density at radius 2 is 2.18 bits per heavy atom. The average molecular weight is 329 g/mol. The van der Waals surface area contributed by atoms with Gasteiger partial charge in [-0.05, 0) is 57.3 Å². The summed E-state index contributed by atoms with van der Waals surface area (Å²) in [4.78, 5) is 25.8. The van der Waals surface area contributed by atoms with Crippen LogP contribution in [0.15, 0.2) is 16.5 Å². The molecular weight excluding hydrogens is 308 g/mol. The van der Waals surface area contributed by atoms with Crippen LogP contribution in [-0.4, -0.2) is 41.6 Å². The lowest BCUT2D eigenvalue weighted by atomic mass is 10.2. The Kier molecular flexibility index (Phi) is 5.01. The van der Waals surface area contributed by atoms with Gasteiger partial charge in [-0.25, -0.2) is 4.79 Å². The Bertz CT molecular complexity index is 550. The van der Waals surface area contributed by atoms with E-state index in [1.807, 2.05) is 0 Å². The number of carbonyl (C=O) groups is 2. The first-order chi connectivity index (χ1) is 10.3. The lowest BCUT2D eigenvalue weighted by Gasteiger charge is -2.25. The van der Waals surface area contributed by atoms with Crippen molar-refractivity contribution in [1.29, 1.82) is 0 Å². The minimum atomic E-state index is -0.541. The van der Waals surface area contributed by atoms with E-state index in [0.717, 1.165) is 12.8 Å². The molecule has 0 aliphatic carbocycles. The molecule has 1 fully saturated rings. The van der Waals surface area contributed by atoms with Crippen molar-refractivity contribution >= 4 is 23.6 Å². The highest BCUT2D eigenvalue weighted by molar-refractivity contribution is 6.29. The normalized spacial score (nSPS) is 18.4. The number of ether oxygens (including phenoxy) is 1. The van der Waals surface area contributed by atoms with Crippen molar-refractivity contribution in [2.75, 3.05) is 13.1 Å². The molecule has 1 aromatic heterocycles. The van der Waals surface area contributed by atoms with Crippen LogP contribution in [0.2, 0.25) is 5.22 Å². The maximum atomic E-state index is 12.4. The molecule has 7 heteroatoms. The number of amides is 2. The summed E-state index contributed by atoms with van der Waals surface area (Å²) in [7, 11) is 0. The molecule has 1 N–H and O–H groups in total. The Labute approximate surface area is 134 Å². The summed E-state index contributed by atoms with van der Waals surface area (Å²) < 4.78 is 10.4. The van der Waals surface area contributed by atoms with Crippen molar-refractivity contribution in [3.05, 3.63) is 23.1 Å². The van der Waals surface area contributed by atoms with Crippen LogP contribution in [0.1, 0.15) is 44.2 Å². The minimum Gasteiger partial charge on any atom is -0.444 e. The monoisotopic (exact) mass is 328 g/mol.